The molecule has 0 saturated heterocycles. The Kier molecular flexibility index (Phi) is 2.68. The molecule has 0 spiro atoms. The van der Waals surface area contributed by atoms with Crippen LogP contribution in [0.2, 0.25) is 5.02 Å². The molecule has 3 aromatic rings. The third-order valence-electron chi connectivity index (χ3n) is 3.77. The van der Waals surface area contributed by atoms with Gasteiger partial charge in [-0.15, -0.1) is 0 Å². The molecule has 0 unspecified atom stereocenters. The molecule has 5 nitrogen and oxygen atoms in total. The van der Waals surface area contributed by atoms with Crippen LogP contribution in [0.25, 0.3) is 11.2 Å². The Labute approximate surface area is 125 Å². The molecular weight excluding hydrogens is 288 g/mol. The molecule has 1 aromatic carbocycles. The van der Waals surface area contributed by atoms with E-state index in [0.29, 0.717) is 28.3 Å². The van der Waals surface area contributed by atoms with Crippen LogP contribution >= 0.6 is 11.6 Å². The molecule has 0 bridgehead atoms. The molecule has 21 heavy (non-hydrogen) atoms. The van der Waals surface area contributed by atoms with Crippen LogP contribution in [0.5, 0.6) is 0 Å². The molecule has 0 fully saturated rings. The second kappa shape index (κ2) is 4.56. The highest BCUT2D eigenvalue weighted by Gasteiger charge is 2.28. The van der Waals surface area contributed by atoms with Crippen LogP contribution in [0.15, 0.2) is 36.8 Å². The summed E-state index contributed by atoms with van der Waals surface area (Å²) in [5.74, 6) is -0.0623. The molecule has 4 rings (SSSR count). The standard InChI is InChI=1S/C15H11ClN4O/c16-11-2-1-3-12-9(11)5-7-20(12)15(21)10-4-6-17-14-13(10)18-8-19-14/h1-4,6,8H,5,7H2,(H,17,18,19). The van der Waals surface area contributed by atoms with Gasteiger partial charge in [0, 0.05) is 23.5 Å². The number of fused-ring (bicyclic) bond motifs is 2. The van der Waals surface area contributed by atoms with E-state index in [1.54, 1.807) is 23.5 Å². The number of aromatic nitrogens is 3. The van der Waals surface area contributed by atoms with Crippen LogP contribution in [0.4, 0.5) is 5.69 Å². The Morgan fingerprint density at radius 1 is 1.29 bits per heavy atom. The first kappa shape index (κ1) is 12.3. The van der Waals surface area contributed by atoms with E-state index in [4.69, 9.17) is 11.6 Å². The van der Waals surface area contributed by atoms with E-state index in [0.717, 1.165) is 17.7 Å². The number of aromatic amines is 1. The first-order valence-corrected chi connectivity index (χ1v) is 7.01. The summed E-state index contributed by atoms with van der Waals surface area (Å²) in [4.78, 5) is 25.8. The zero-order valence-corrected chi connectivity index (χ0v) is 11.8. The molecule has 1 amide bonds. The van der Waals surface area contributed by atoms with Crippen LogP contribution < -0.4 is 4.90 Å². The van der Waals surface area contributed by atoms with Crippen molar-refractivity contribution in [2.75, 3.05) is 11.4 Å². The van der Waals surface area contributed by atoms with E-state index in [9.17, 15) is 4.79 Å². The summed E-state index contributed by atoms with van der Waals surface area (Å²) in [6.07, 6.45) is 3.92. The normalized spacial score (nSPS) is 13.7. The number of carbonyl (C=O) groups excluding carboxylic acids is 1. The Hall–Kier alpha value is -2.40. The number of halogens is 1. The van der Waals surface area contributed by atoms with Gasteiger partial charge in [0.05, 0.1) is 17.4 Å². The highest BCUT2D eigenvalue weighted by atomic mass is 35.5. The number of nitrogens with zero attached hydrogens (tertiary/aromatic N) is 3. The van der Waals surface area contributed by atoms with Gasteiger partial charge in [0.2, 0.25) is 0 Å². The number of H-pyrrole nitrogens is 1. The van der Waals surface area contributed by atoms with Gasteiger partial charge in [-0.25, -0.2) is 9.97 Å². The van der Waals surface area contributed by atoms with Gasteiger partial charge in [-0.2, -0.15) is 0 Å². The van der Waals surface area contributed by atoms with Crippen molar-refractivity contribution >= 4 is 34.4 Å². The van der Waals surface area contributed by atoms with Crippen LogP contribution in [-0.4, -0.2) is 27.4 Å². The lowest BCUT2D eigenvalue weighted by Crippen LogP contribution is -2.29. The van der Waals surface area contributed by atoms with Crippen molar-refractivity contribution in [2.45, 2.75) is 6.42 Å². The topological polar surface area (TPSA) is 61.9 Å². The largest absolute Gasteiger partial charge is 0.343 e. The molecule has 1 aliphatic rings. The third-order valence-corrected chi connectivity index (χ3v) is 4.13. The maximum atomic E-state index is 12.8. The highest BCUT2D eigenvalue weighted by Crippen LogP contribution is 2.34. The Morgan fingerprint density at radius 3 is 3.10 bits per heavy atom. The van der Waals surface area contributed by atoms with Gasteiger partial charge < -0.3 is 9.88 Å². The van der Waals surface area contributed by atoms with Crippen molar-refractivity contribution in [3.63, 3.8) is 0 Å². The minimum atomic E-state index is -0.0623. The number of nitrogens with one attached hydrogen (secondary N) is 1. The van der Waals surface area contributed by atoms with E-state index in [-0.39, 0.29) is 5.91 Å². The number of carbonyl (C=O) groups is 1. The minimum absolute atomic E-state index is 0.0623. The second-order valence-electron chi connectivity index (χ2n) is 4.90. The zero-order valence-electron chi connectivity index (χ0n) is 11.0. The van der Waals surface area contributed by atoms with Crippen LogP contribution in [0, 0.1) is 0 Å². The lowest BCUT2D eigenvalue weighted by atomic mass is 10.1. The number of rotatable bonds is 1. The highest BCUT2D eigenvalue weighted by molar-refractivity contribution is 6.32. The molecule has 0 aliphatic carbocycles. The third kappa shape index (κ3) is 1.81. The van der Waals surface area contributed by atoms with Crippen LogP contribution in [-0.2, 0) is 6.42 Å². The van der Waals surface area contributed by atoms with Crippen molar-refractivity contribution in [3.8, 4) is 0 Å². The molecule has 6 heteroatoms. The fourth-order valence-corrected chi connectivity index (χ4v) is 3.04. The summed E-state index contributed by atoms with van der Waals surface area (Å²) in [7, 11) is 0. The molecule has 2 aromatic heterocycles. The number of hydrogen-bond acceptors (Lipinski definition) is 3. The Morgan fingerprint density at radius 2 is 2.19 bits per heavy atom. The number of benzene rings is 1. The first-order valence-electron chi connectivity index (χ1n) is 6.63. The van der Waals surface area contributed by atoms with Crippen LogP contribution in [0.1, 0.15) is 15.9 Å². The van der Waals surface area contributed by atoms with Crippen molar-refractivity contribution in [3.05, 3.63) is 52.9 Å². The number of hydrogen-bond donors (Lipinski definition) is 1. The Balaban J connectivity index is 1.81. The summed E-state index contributed by atoms with van der Waals surface area (Å²) < 4.78 is 0. The lowest BCUT2D eigenvalue weighted by molar-refractivity contribution is 0.0990. The number of amides is 1. The minimum Gasteiger partial charge on any atom is -0.343 e. The van der Waals surface area contributed by atoms with Crippen molar-refractivity contribution in [1.82, 2.24) is 15.0 Å². The quantitative estimate of drug-likeness (QED) is 0.751. The molecule has 1 N–H and O–H groups in total. The second-order valence-corrected chi connectivity index (χ2v) is 5.31. The first-order chi connectivity index (χ1) is 10.3. The molecule has 0 atom stereocenters. The summed E-state index contributed by atoms with van der Waals surface area (Å²) in [5.41, 5.74) is 3.70. The van der Waals surface area contributed by atoms with Gasteiger partial charge in [-0.05, 0) is 30.2 Å². The Bertz CT molecular complexity index is 858. The number of anilines is 1. The molecule has 0 radical (unpaired) electrons. The monoisotopic (exact) mass is 298 g/mol. The predicted octanol–water partition coefficient (Wildman–Crippen LogP) is 2.81. The van der Waals surface area contributed by atoms with E-state index in [1.807, 2.05) is 18.2 Å². The fourth-order valence-electron chi connectivity index (χ4n) is 2.78. The molecule has 3 heterocycles. The fraction of sp³-hybridized carbons (Fsp3) is 0.133. The number of imidazole rings is 1. The molecule has 0 saturated carbocycles. The van der Waals surface area contributed by atoms with Crippen molar-refractivity contribution < 1.29 is 4.79 Å². The molecule has 104 valence electrons. The van der Waals surface area contributed by atoms with Gasteiger partial charge >= 0.3 is 0 Å². The smallest absolute Gasteiger partial charge is 0.260 e. The molecule has 1 aliphatic heterocycles. The lowest BCUT2D eigenvalue weighted by Gasteiger charge is -2.17. The molecular formula is C15H11ClN4O. The van der Waals surface area contributed by atoms with Gasteiger partial charge in [0.1, 0.15) is 0 Å². The van der Waals surface area contributed by atoms with E-state index >= 15 is 0 Å². The summed E-state index contributed by atoms with van der Waals surface area (Å²) in [6.45, 7) is 0.635. The van der Waals surface area contributed by atoms with Crippen molar-refractivity contribution in [2.24, 2.45) is 0 Å². The number of pyridine rings is 1. The van der Waals surface area contributed by atoms with Gasteiger partial charge in [0.25, 0.3) is 5.91 Å². The summed E-state index contributed by atoms with van der Waals surface area (Å²) in [5, 5.41) is 0.712. The van der Waals surface area contributed by atoms with Gasteiger partial charge in [0.15, 0.2) is 5.65 Å². The summed E-state index contributed by atoms with van der Waals surface area (Å²) >= 11 is 6.20. The van der Waals surface area contributed by atoms with Gasteiger partial charge in [-0.1, -0.05) is 17.7 Å². The average molecular weight is 299 g/mol. The van der Waals surface area contributed by atoms with Gasteiger partial charge in [-0.3, -0.25) is 4.79 Å². The summed E-state index contributed by atoms with van der Waals surface area (Å²) in [6, 6.07) is 7.36. The maximum absolute atomic E-state index is 12.8. The average Bonchev–Trinajstić information content (AvgIpc) is 3.13. The zero-order chi connectivity index (χ0) is 14.4. The van der Waals surface area contributed by atoms with E-state index < -0.39 is 0 Å². The predicted molar refractivity (Wildman–Crippen MR) is 80.7 cm³/mol. The van der Waals surface area contributed by atoms with E-state index in [2.05, 4.69) is 15.0 Å². The van der Waals surface area contributed by atoms with Crippen LogP contribution in [0.3, 0.4) is 0 Å². The van der Waals surface area contributed by atoms with Crippen molar-refractivity contribution in [1.29, 1.82) is 0 Å². The van der Waals surface area contributed by atoms with E-state index in [1.165, 1.54) is 0 Å². The SMILES string of the molecule is O=C(c1ccnc2nc[nH]c12)N1CCc2c(Cl)cccc21. The maximum Gasteiger partial charge on any atom is 0.260 e.